The molecule has 0 atom stereocenters. The number of carbonyl (C=O) groups is 2. The van der Waals surface area contributed by atoms with E-state index in [-0.39, 0.29) is 24.8 Å². The summed E-state index contributed by atoms with van der Waals surface area (Å²) in [6, 6.07) is 12.4. The van der Waals surface area contributed by atoms with Crippen LogP contribution in [0.25, 0.3) is 0 Å². The second-order valence-corrected chi connectivity index (χ2v) is 5.31. The first-order chi connectivity index (χ1) is 10.6. The molecule has 1 amide bonds. The van der Waals surface area contributed by atoms with E-state index in [2.05, 4.69) is 25.7 Å². The number of nitrogens with zero attached hydrogens (tertiary/aromatic N) is 2. The van der Waals surface area contributed by atoms with Gasteiger partial charge in [0.25, 0.3) is 5.91 Å². The normalized spacial score (nSPS) is 10.1. The van der Waals surface area contributed by atoms with Gasteiger partial charge in [0, 0.05) is 17.2 Å². The molecule has 1 aromatic carbocycles. The molecule has 114 valence electrons. The van der Waals surface area contributed by atoms with Gasteiger partial charge < -0.3 is 4.74 Å². The summed E-state index contributed by atoms with van der Waals surface area (Å²) in [4.78, 5) is 29.8. The van der Waals surface area contributed by atoms with Gasteiger partial charge >= 0.3 is 5.97 Å². The highest BCUT2D eigenvalue weighted by Gasteiger charge is 2.21. The number of ether oxygens (including phenoxy) is 1. The molecule has 0 spiro atoms. The Bertz CT molecular complexity index is 661. The van der Waals surface area contributed by atoms with Crippen LogP contribution < -0.4 is 4.90 Å². The van der Waals surface area contributed by atoms with E-state index in [0.29, 0.717) is 15.9 Å². The van der Waals surface area contributed by atoms with Crippen LogP contribution in [0.1, 0.15) is 16.8 Å². The fraction of sp³-hybridized carbons (Fsp3) is 0.188. The lowest BCUT2D eigenvalue weighted by Gasteiger charge is -2.21. The monoisotopic (exact) mass is 362 g/mol. The SMILES string of the molecule is COC(=O)CCN(C(=O)c1ccccc1Br)c1ccccn1. The zero-order valence-corrected chi connectivity index (χ0v) is 13.6. The molecule has 2 rings (SSSR count). The Kier molecular flexibility index (Phi) is 5.66. The van der Waals surface area contributed by atoms with Crippen LogP contribution in [0.2, 0.25) is 0 Å². The van der Waals surface area contributed by atoms with Crippen LogP contribution in [0, 0.1) is 0 Å². The van der Waals surface area contributed by atoms with Gasteiger partial charge in [0.05, 0.1) is 19.1 Å². The number of methoxy groups -OCH3 is 1. The molecule has 0 saturated heterocycles. The van der Waals surface area contributed by atoms with Crippen LogP contribution in [-0.4, -0.2) is 30.5 Å². The summed E-state index contributed by atoms with van der Waals surface area (Å²) in [7, 11) is 1.32. The topological polar surface area (TPSA) is 59.5 Å². The van der Waals surface area contributed by atoms with E-state index in [1.54, 1.807) is 42.6 Å². The van der Waals surface area contributed by atoms with E-state index in [1.807, 2.05) is 6.07 Å². The minimum atomic E-state index is -0.374. The molecular formula is C16H15BrN2O3. The van der Waals surface area contributed by atoms with Crippen molar-refractivity contribution in [2.75, 3.05) is 18.6 Å². The van der Waals surface area contributed by atoms with Crippen molar-refractivity contribution < 1.29 is 14.3 Å². The number of esters is 1. The Balaban J connectivity index is 2.30. The number of hydrogen-bond acceptors (Lipinski definition) is 4. The van der Waals surface area contributed by atoms with Crippen molar-refractivity contribution in [1.29, 1.82) is 0 Å². The van der Waals surface area contributed by atoms with Crippen LogP contribution in [0.3, 0.4) is 0 Å². The summed E-state index contributed by atoms with van der Waals surface area (Å²) in [6.45, 7) is 0.198. The smallest absolute Gasteiger partial charge is 0.307 e. The van der Waals surface area contributed by atoms with Gasteiger partial charge in [-0.05, 0) is 40.2 Å². The highest BCUT2D eigenvalue weighted by Crippen LogP contribution is 2.21. The average molecular weight is 363 g/mol. The summed E-state index contributed by atoms with van der Waals surface area (Å²) in [5.74, 6) is -0.108. The van der Waals surface area contributed by atoms with Crippen molar-refractivity contribution in [3.8, 4) is 0 Å². The molecule has 0 aliphatic rings. The number of anilines is 1. The summed E-state index contributed by atoms with van der Waals surface area (Å²) in [5.41, 5.74) is 0.512. The number of pyridine rings is 1. The van der Waals surface area contributed by atoms with E-state index in [0.717, 1.165) is 0 Å². The average Bonchev–Trinajstić information content (AvgIpc) is 2.56. The van der Waals surface area contributed by atoms with Gasteiger partial charge in [0.1, 0.15) is 5.82 Å². The van der Waals surface area contributed by atoms with Gasteiger partial charge in [0.2, 0.25) is 0 Å². The number of carbonyl (C=O) groups excluding carboxylic acids is 2. The molecule has 0 bridgehead atoms. The molecule has 1 heterocycles. The molecule has 2 aromatic rings. The quantitative estimate of drug-likeness (QED) is 0.767. The lowest BCUT2D eigenvalue weighted by Crippen LogP contribution is -2.34. The molecule has 1 aromatic heterocycles. The number of benzene rings is 1. The van der Waals surface area contributed by atoms with E-state index in [9.17, 15) is 9.59 Å². The summed E-state index contributed by atoms with van der Waals surface area (Å²) < 4.78 is 5.33. The molecule has 0 aliphatic carbocycles. The Morgan fingerprint density at radius 1 is 1.18 bits per heavy atom. The Morgan fingerprint density at radius 3 is 2.55 bits per heavy atom. The number of rotatable bonds is 5. The van der Waals surface area contributed by atoms with Gasteiger partial charge in [-0.15, -0.1) is 0 Å². The van der Waals surface area contributed by atoms with E-state index < -0.39 is 0 Å². The molecule has 6 heteroatoms. The second kappa shape index (κ2) is 7.70. The highest BCUT2D eigenvalue weighted by molar-refractivity contribution is 9.10. The van der Waals surface area contributed by atoms with Crippen molar-refractivity contribution in [3.63, 3.8) is 0 Å². The fourth-order valence-electron chi connectivity index (χ4n) is 1.92. The van der Waals surface area contributed by atoms with E-state index in [1.165, 1.54) is 12.0 Å². The lowest BCUT2D eigenvalue weighted by molar-refractivity contribution is -0.140. The minimum Gasteiger partial charge on any atom is -0.469 e. The van der Waals surface area contributed by atoms with E-state index >= 15 is 0 Å². The molecular weight excluding hydrogens is 348 g/mol. The third kappa shape index (κ3) is 3.92. The number of amides is 1. The van der Waals surface area contributed by atoms with Crippen LogP contribution in [-0.2, 0) is 9.53 Å². The molecule has 5 nitrogen and oxygen atoms in total. The van der Waals surface area contributed by atoms with Crippen LogP contribution >= 0.6 is 15.9 Å². The van der Waals surface area contributed by atoms with Crippen molar-refractivity contribution in [3.05, 3.63) is 58.7 Å². The summed E-state index contributed by atoms with van der Waals surface area (Å²) >= 11 is 3.37. The first-order valence-corrected chi connectivity index (χ1v) is 7.47. The minimum absolute atomic E-state index is 0.100. The third-order valence-electron chi connectivity index (χ3n) is 3.04. The van der Waals surface area contributed by atoms with Crippen LogP contribution in [0.15, 0.2) is 53.1 Å². The standard InChI is InChI=1S/C16H15BrN2O3/c1-22-15(20)9-11-19(14-8-4-5-10-18-14)16(21)12-6-2-3-7-13(12)17/h2-8,10H,9,11H2,1H3. The van der Waals surface area contributed by atoms with Gasteiger partial charge in [-0.3, -0.25) is 14.5 Å². The summed E-state index contributed by atoms with van der Waals surface area (Å²) in [6.07, 6.45) is 1.71. The van der Waals surface area contributed by atoms with Crippen molar-refractivity contribution in [1.82, 2.24) is 4.98 Å². The van der Waals surface area contributed by atoms with Crippen molar-refractivity contribution in [2.24, 2.45) is 0 Å². The Labute approximate surface area is 137 Å². The molecule has 0 unspecified atom stereocenters. The number of halogens is 1. The van der Waals surface area contributed by atoms with Crippen molar-refractivity contribution in [2.45, 2.75) is 6.42 Å². The third-order valence-corrected chi connectivity index (χ3v) is 3.73. The zero-order chi connectivity index (χ0) is 15.9. The predicted octanol–water partition coefficient (Wildman–Crippen LogP) is 3.05. The number of hydrogen-bond donors (Lipinski definition) is 0. The molecule has 0 N–H and O–H groups in total. The maximum atomic E-state index is 12.8. The first kappa shape index (κ1) is 16.2. The van der Waals surface area contributed by atoms with Gasteiger partial charge in [-0.25, -0.2) is 4.98 Å². The highest BCUT2D eigenvalue weighted by atomic mass is 79.9. The second-order valence-electron chi connectivity index (χ2n) is 4.45. The Morgan fingerprint density at radius 2 is 1.91 bits per heavy atom. The molecule has 0 aliphatic heterocycles. The van der Waals surface area contributed by atoms with Gasteiger partial charge in [-0.1, -0.05) is 18.2 Å². The van der Waals surface area contributed by atoms with Crippen LogP contribution in [0.4, 0.5) is 5.82 Å². The van der Waals surface area contributed by atoms with Gasteiger partial charge in [-0.2, -0.15) is 0 Å². The molecule has 22 heavy (non-hydrogen) atoms. The fourth-order valence-corrected chi connectivity index (χ4v) is 2.37. The Hall–Kier alpha value is -2.21. The molecule has 0 saturated carbocycles. The largest absolute Gasteiger partial charge is 0.469 e. The van der Waals surface area contributed by atoms with Gasteiger partial charge in [0.15, 0.2) is 0 Å². The lowest BCUT2D eigenvalue weighted by atomic mass is 10.2. The first-order valence-electron chi connectivity index (χ1n) is 6.67. The molecule has 0 fully saturated rings. The molecule has 0 radical (unpaired) electrons. The summed E-state index contributed by atoms with van der Waals surface area (Å²) in [5, 5.41) is 0. The zero-order valence-electron chi connectivity index (χ0n) is 12.0. The van der Waals surface area contributed by atoms with Crippen LogP contribution in [0.5, 0.6) is 0 Å². The maximum Gasteiger partial charge on any atom is 0.307 e. The van der Waals surface area contributed by atoms with Crippen molar-refractivity contribution >= 4 is 33.6 Å². The predicted molar refractivity (Wildman–Crippen MR) is 86.7 cm³/mol. The number of aromatic nitrogens is 1. The van der Waals surface area contributed by atoms with E-state index in [4.69, 9.17) is 0 Å². The maximum absolute atomic E-state index is 12.8.